The van der Waals surface area contributed by atoms with Gasteiger partial charge in [-0.25, -0.2) is 4.39 Å². The molecular weight excluding hydrogens is 155 g/mol. The third-order valence-electron chi connectivity index (χ3n) is 2.05. The molecule has 0 unspecified atom stereocenters. The molecule has 0 saturated carbocycles. The van der Waals surface area contributed by atoms with E-state index in [2.05, 4.69) is 0 Å². The number of aliphatic hydroxyl groups is 2. The Kier molecular flexibility index (Phi) is 1.61. The van der Waals surface area contributed by atoms with Gasteiger partial charge in [0, 0.05) is 0 Å². The van der Waals surface area contributed by atoms with Gasteiger partial charge in [0.25, 0.3) is 0 Å². The fraction of sp³-hybridized carbons (Fsp3) is 1.00. The zero-order valence-corrected chi connectivity index (χ0v) is 5.68. The first-order chi connectivity index (χ1) is 5.20. The lowest BCUT2D eigenvalue weighted by Gasteiger charge is -2.30. The van der Waals surface area contributed by atoms with Gasteiger partial charge in [-0.15, -0.1) is 0 Å². The van der Waals surface area contributed by atoms with Gasteiger partial charge in [0.1, 0.15) is 18.3 Å². The van der Waals surface area contributed by atoms with Crippen LogP contribution in [0.3, 0.4) is 0 Å². The quantitative estimate of drug-likeness (QED) is 0.472. The van der Waals surface area contributed by atoms with Gasteiger partial charge < -0.3 is 19.7 Å². The number of halogens is 1. The van der Waals surface area contributed by atoms with E-state index in [4.69, 9.17) is 19.7 Å². The minimum absolute atomic E-state index is 0.156. The molecule has 0 aliphatic carbocycles. The largest absolute Gasteiger partial charge is 0.387 e. The topological polar surface area (TPSA) is 58.9 Å². The van der Waals surface area contributed by atoms with E-state index in [1.165, 1.54) is 0 Å². The predicted octanol–water partition coefficient (Wildman–Crippen LogP) is -1.20. The number of ether oxygens (including phenoxy) is 2. The van der Waals surface area contributed by atoms with Crippen molar-refractivity contribution < 1.29 is 24.1 Å². The first kappa shape index (κ1) is 7.42. The van der Waals surface area contributed by atoms with E-state index in [9.17, 15) is 4.39 Å². The van der Waals surface area contributed by atoms with Crippen LogP contribution in [0, 0.1) is 0 Å². The van der Waals surface area contributed by atoms with Crippen LogP contribution in [-0.2, 0) is 9.47 Å². The van der Waals surface area contributed by atoms with Crippen molar-refractivity contribution >= 4 is 0 Å². The van der Waals surface area contributed by atoms with Crippen LogP contribution in [0.15, 0.2) is 0 Å². The molecule has 2 aliphatic heterocycles. The molecule has 64 valence electrons. The summed E-state index contributed by atoms with van der Waals surface area (Å²) < 4.78 is 22.6. The number of aliphatic hydroxyl groups excluding tert-OH is 2. The van der Waals surface area contributed by atoms with Crippen molar-refractivity contribution in [2.75, 3.05) is 6.61 Å². The van der Waals surface area contributed by atoms with Crippen LogP contribution in [0.25, 0.3) is 0 Å². The van der Waals surface area contributed by atoms with Gasteiger partial charge in [-0.1, -0.05) is 0 Å². The molecule has 0 aromatic heterocycles. The summed E-state index contributed by atoms with van der Waals surface area (Å²) in [6, 6.07) is 0. The van der Waals surface area contributed by atoms with Crippen molar-refractivity contribution in [2.45, 2.75) is 30.8 Å². The van der Waals surface area contributed by atoms with Gasteiger partial charge in [0.15, 0.2) is 12.5 Å². The summed E-state index contributed by atoms with van der Waals surface area (Å²) in [5, 5.41) is 18.2. The molecular formula is C6H9FO4. The molecule has 5 atom stereocenters. The number of hydrogen-bond acceptors (Lipinski definition) is 4. The van der Waals surface area contributed by atoms with E-state index in [1.807, 2.05) is 0 Å². The third kappa shape index (κ3) is 0.961. The summed E-state index contributed by atoms with van der Waals surface area (Å²) in [6.45, 7) is 0.156. The van der Waals surface area contributed by atoms with Crippen molar-refractivity contribution in [3.63, 3.8) is 0 Å². The molecule has 0 aromatic carbocycles. The SMILES string of the molecule is O[C@H]1[C@H](O)[C@@H]2CO[C@H](O2)[C@@H]1F. The Morgan fingerprint density at radius 3 is 2.73 bits per heavy atom. The zero-order valence-electron chi connectivity index (χ0n) is 5.68. The van der Waals surface area contributed by atoms with Crippen LogP contribution in [0.4, 0.5) is 4.39 Å². The third-order valence-corrected chi connectivity index (χ3v) is 2.05. The van der Waals surface area contributed by atoms with Crippen LogP contribution in [0.2, 0.25) is 0 Å². The van der Waals surface area contributed by atoms with Crippen LogP contribution >= 0.6 is 0 Å². The van der Waals surface area contributed by atoms with Crippen molar-refractivity contribution in [1.82, 2.24) is 0 Å². The molecule has 2 saturated heterocycles. The summed E-state index contributed by atoms with van der Waals surface area (Å²) in [5.41, 5.74) is 0. The summed E-state index contributed by atoms with van der Waals surface area (Å²) >= 11 is 0. The van der Waals surface area contributed by atoms with Gasteiger partial charge in [-0.2, -0.15) is 0 Å². The maximum Gasteiger partial charge on any atom is 0.192 e. The number of rotatable bonds is 0. The van der Waals surface area contributed by atoms with Gasteiger partial charge in [-0.05, 0) is 0 Å². The Bertz CT molecular complexity index is 145. The molecule has 2 fully saturated rings. The molecule has 2 rings (SSSR count). The molecule has 5 heteroatoms. The molecule has 0 spiro atoms. The molecule has 0 aromatic rings. The molecule has 2 aliphatic rings. The van der Waals surface area contributed by atoms with Gasteiger partial charge >= 0.3 is 0 Å². The van der Waals surface area contributed by atoms with Crippen molar-refractivity contribution in [1.29, 1.82) is 0 Å². The van der Waals surface area contributed by atoms with Crippen molar-refractivity contribution in [3.8, 4) is 0 Å². The molecule has 4 nitrogen and oxygen atoms in total. The maximum atomic E-state index is 12.9. The van der Waals surface area contributed by atoms with Crippen LogP contribution in [0.5, 0.6) is 0 Å². The highest BCUT2D eigenvalue weighted by molar-refractivity contribution is 4.92. The van der Waals surface area contributed by atoms with Crippen molar-refractivity contribution in [3.05, 3.63) is 0 Å². The second-order valence-corrected chi connectivity index (χ2v) is 2.80. The molecule has 2 bridgehead atoms. The lowest BCUT2D eigenvalue weighted by Crippen LogP contribution is -2.51. The monoisotopic (exact) mass is 164 g/mol. The fourth-order valence-electron chi connectivity index (χ4n) is 1.36. The van der Waals surface area contributed by atoms with Gasteiger partial charge in [-0.3, -0.25) is 0 Å². The van der Waals surface area contributed by atoms with Crippen molar-refractivity contribution in [2.24, 2.45) is 0 Å². The highest BCUT2D eigenvalue weighted by Crippen LogP contribution is 2.29. The molecule has 0 amide bonds. The smallest absolute Gasteiger partial charge is 0.192 e. The zero-order chi connectivity index (χ0) is 8.01. The lowest BCUT2D eigenvalue weighted by atomic mass is 10.0. The average Bonchev–Trinajstić information content (AvgIpc) is 2.44. The van der Waals surface area contributed by atoms with Crippen LogP contribution in [0.1, 0.15) is 0 Å². The molecule has 11 heavy (non-hydrogen) atoms. The van der Waals surface area contributed by atoms with E-state index in [0.717, 1.165) is 0 Å². The first-order valence-electron chi connectivity index (χ1n) is 3.47. The van der Waals surface area contributed by atoms with Gasteiger partial charge in [0.05, 0.1) is 6.61 Å². The molecule has 0 radical (unpaired) electrons. The van der Waals surface area contributed by atoms with Gasteiger partial charge in [0.2, 0.25) is 0 Å². The number of alkyl halides is 1. The Morgan fingerprint density at radius 1 is 1.27 bits per heavy atom. The summed E-state index contributed by atoms with van der Waals surface area (Å²) in [4.78, 5) is 0. The Balaban J connectivity index is 2.16. The summed E-state index contributed by atoms with van der Waals surface area (Å²) in [6.07, 6.45) is -5.73. The standard InChI is InChI=1S/C6H9FO4/c7-3-5(9)4(8)2-1-10-6(3)11-2/h2-6,8-9H,1H2/t2-,3+,4+,5+,6+/m0/s1. The van der Waals surface area contributed by atoms with Crippen LogP contribution < -0.4 is 0 Å². The van der Waals surface area contributed by atoms with Crippen LogP contribution in [-0.4, -0.2) is 47.6 Å². The Morgan fingerprint density at radius 2 is 2.00 bits per heavy atom. The minimum atomic E-state index is -1.64. The van der Waals surface area contributed by atoms with E-state index < -0.39 is 30.8 Å². The molecule has 2 N–H and O–H groups in total. The van der Waals surface area contributed by atoms with E-state index >= 15 is 0 Å². The summed E-state index contributed by atoms with van der Waals surface area (Å²) in [5.74, 6) is 0. The van der Waals surface area contributed by atoms with E-state index in [0.29, 0.717) is 0 Å². The summed E-state index contributed by atoms with van der Waals surface area (Å²) in [7, 11) is 0. The highest BCUT2D eigenvalue weighted by Gasteiger charge is 2.49. The predicted molar refractivity (Wildman–Crippen MR) is 31.5 cm³/mol. The van der Waals surface area contributed by atoms with E-state index in [1.54, 1.807) is 0 Å². The average molecular weight is 164 g/mol. The first-order valence-corrected chi connectivity index (χ1v) is 3.47. The minimum Gasteiger partial charge on any atom is -0.387 e. The second-order valence-electron chi connectivity index (χ2n) is 2.80. The Hall–Kier alpha value is -0.230. The maximum absolute atomic E-state index is 12.9. The highest BCUT2D eigenvalue weighted by atomic mass is 19.1. The molecule has 2 heterocycles. The van der Waals surface area contributed by atoms with E-state index in [-0.39, 0.29) is 6.61 Å². The normalized spacial score (nSPS) is 56.5. The Labute approximate surface area is 62.5 Å². The fourth-order valence-corrected chi connectivity index (χ4v) is 1.36. The number of hydrogen-bond donors (Lipinski definition) is 2. The lowest BCUT2D eigenvalue weighted by molar-refractivity contribution is -0.207. The second kappa shape index (κ2) is 2.38. The number of fused-ring (bicyclic) bond motifs is 2.